The maximum Gasteiger partial charge on any atom is 0.142 e. The van der Waals surface area contributed by atoms with Crippen molar-refractivity contribution in [3.63, 3.8) is 0 Å². The normalized spacial score (nSPS) is 8.91. The van der Waals surface area contributed by atoms with Crippen molar-refractivity contribution < 1.29 is 0 Å². The summed E-state index contributed by atoms with van der Waals surface area (Å²) in [5.74, 6) is 0.811. The third-order valence-electron chi connectivity index (χ3n) is 1.01. The molecule has 0 saturated heterocycles. The quantitative estimate of drug-likeness (QED) is 0.846. The zero-order chi connectivity index (χ0) is 7.40. The summed E-state index contributed by atoms with van der Waals surface area (Å²) in [7, 11) is 1.87. The van der Waals surface area contributed by atoms with E-state index in [1.165, 1.54) is 0 Å². The number of hydrogen-bond acceptors (Lipinski definition) is 3. The lowest BCUT2D eigenvalue weighted by molar-refractivity contribution is 0.756. The minimum Gasteiger partial charge on any atom is -0.313 e. The second kappa shape index (κ2) is 5.46. The number of rotatable bonds is 2. The molecule has 0 aromatic carbocycles. The van der Waals surface area contributed by atoms with Gasteiger partial charge in [-0.15, -0.1) is 12.4 Å². The van der Waals surface area contributed by atoms with Gasteiger partial charge in [0, 0.05) is 12.4 Å². The summed E-state index contributed by atoms with van der Waals surface area (Å²) in [4.78, 5) is 8.10. The zero-order valence-electron chi connectivity index (χ0n) is 6.04. The predicted molar refractivity (Wildman–Crippen MR) is 49.7 cm³/mol. The molecule has 1 heterocycles. The molecule has 0 spiro atoms. The zero-order valence-corrected chi connectivity index (χ0v) is 8.44. The van der Waals surface area contributed by atoms with Crippen LogP contribution in [0.4, 0.5) is 0 Å². The van der Waals surface area contributed by atoms with Gasteiger partial charge in [-0.25, -0.2) is 9.97 Å². The molecule has 0 aliphatic heterocycles. The standard InChI is InChI=1S/C6H8BrN3.ClH/c1-8-4-6-9-2-5(7)3-10-6;/h2-3,8H,4H2,1H3;1H. The molecular weight excluding hydrogens is 229 g/mol. The number of hydrogen-bond donors (Lipinski definition) is 1. The molecule has 11 heavy (non-hydrogen) atoms. The van der Waals surface area contributed by atoms with Gasteiger partial charge in [0.15, 0.2) is 0 Å². The summed E-state index contributed by atoms with van der Waals surface area (Å²) in [5.41, 5.74) is 0. The Morgan fingerprint density at radius 1 is 1.45 bits per heavy atom. The van der Waals surface area contributed by atoms with Gasteiger partial charge in [0.2, 0.25) is 0 Å². The van der Waals surface area contributed by atoms with Crippen molar-refractivity contribution >= 4 is 28.3 Å². The van der Waals surface area contributed by atoms with Crippen LogP contribution < -0.4 is 5.32 Å². The Morgan fingerprint density at radius 3 is 2.45 bits per heavy atom. The SMILES string of the molecule is CNCc1ncc(Br)cn1.Cl. The fourth-order valence-electron chi connectivity index (χ4n) is 0.588. The van der Waals surface area contributed by atoms with E-state index < -0.39 is 0 Å². The Kier molecular flexibility index (Phi) is 5.36. The molecule has 0 radical (unpaired) electrons. The molecule has 62 valence electrons. The van der Waals surface area contributed by atoms with Crippen LogP contribution in [0.1, 0.15) is 5.82 Å². The fraction of sp³-hybridized carbons (Fsp3) is 0.333. The summed E-state index contributed by atoms with van der Waals surface area (Å²) in [6, 6.07) is 0. The minimum absolute atomic E-state index is 0. The second-order valence-electron chi connectivity index (χ2n) is 1.85. The van der Waals surface area contributed by atoms with E-state index in [-0.39, 0.29) is 12.4 Å². The first-order valence-electron chi connectivity index (χ1n) is 2.94. The van der Waals surface area contributed by atoms with Crippen molar-refractivity contribution in [3.05, 3.63) is 22.7 Å². The van der Waals surface area contributed by atoms with Crippen LogP contribution in [0.3, 0.4) is 0 Å². The summed E-state index contributed by atoms with van der Waals surface area (Å²) in [6.07, 6.45) is 3.47. The number of nitrogens with zero attached hydrogens (tertiary/aromatic N) is 2. The highest BCUT2D eigenvalue weighted by atomic mass is 79.9. The largest absolute Gasteiger partial charge is 0.313 e. The highest BCUT2D eigenvalue weighted by Crippen LogP contribution is 2.03. The average Bonchev–Trinajstić information content (AvgIpc) is 1.95. The van der Waals surface area contributed by atoms with Crippen molar-refractivity contribution in [3.8, 4) is 0 Å². The van der Waals surface area contributed by atoms with E-state index in [9.17, 15) is 0 Å². The first kappa shape index (κ1) is 10.8. The van der Waals surface area contributed by atoms with Gasteiger partial charge in [0.05, 0.1) is 11.0 Å². The second-order valence-corrected chi connectivity index (χ2v) is 2.76. The number of nitrogens with one attached hydrogen (secondary N) is 1. The molecule has 5 heteroatoms. The van der Waals surface area contributed by atoms with Gasteiger partial charge in [0.25, 0.3) is 0 Å². The highest BCUT2D eigenvalue weighted by molar-refractivity contribution is 9.10. The predicted octanol–water partition coefficient (Wildman–Crippen LogP) is 1.38. The molecule has 0 fully saturated rings. The van der Waals surface area contributed by atoms with E-state index in [1.807, 2.05) is 7.05 Å². The Bertz CT molecular complexity index is 201. The Balaban J connectivity index is 0.000001000. The summed E-state index contributed by atoms with van der Waals surface area (Å²) in [5, 5.41) is 2.96. The molecule has 3 nitrogen and oxygen atoms in total. The monoisotopic (exact) mass is 237 g/mol. The van der Waals surface area contributed by atoms with Crippen molar-refractivity contribution in [1.82, 2.24) is 15.3 Å². The maximum absolute atomic E-state index is 4.05. The summed E-state index contributed by atoms with van der Waals surface area (Å²) in [6.45, 7) is 0.716. The van der Waals surface area contributed by atoms with E-state index in [1.54, 1.807) is 12.4 Å². The van der Waals surface area contributed by atoms with Crippen molar-refractivity contribution in [2.45, 2.75) is 6.54 Å². The third-order valence-corrected chi connectivity index (χ3v) is 1.42. The van der Waals surface area contributed by atoms with Crippen molar-refractivity contribution in [1.29, 1.82) is 0 Å². The molecule has 0 aliphatic rings. The number of aromatic nitrogens is 2. The van der Waals surface area contributed by atoms with Gasteiger partial charge in [-0.2, -0.15) is 0 Å². The smallest absolute Gasteiger partial charge is 0.142 e. The molecule has 0 unspecified atom stereocenters. The molecule has 1 aromatic rings. The molecule has 0 atom stereocenters. The summed E-state index contributed by atoms with van der Waals surface area (Å²) < 4.78 is 0.910. The van der Waals surface area contributed by atoms with Crippen LogP contribution in [-0.4, -0.2) is 17.0 Å². The molecule has 0 amide bonds. The van der Waals surface area contributed by atoms with Crippen LogP contribution in [-0.2, 0) is 6.54 Å². The van der Waals surface area contributed by atoms with Crippen molar-refractivity contribution in [2.24, 2.45) is 0 Å². The Hall–Kier alpha value is -0.190. The molecule has 0 bridgehead atoms. The maximum atomic E-state index is 4.05. The first-order valence-corrected chi connectivity index (χ1v) is 3.73. The van der Waals surface area contributed by atoms with Gasteiger partial charge >= 0.3 is 0 Å². The van der Waals surface area contributed by atoms with Gasteiger partial charge in [-0.05, 0) is 23.0 Å². The fourth-order valence-corrected chi connectivity index (χ4v) is 0.793. The molecular formula is C6H9BrClN3. The first-order chi connectivity index (χ1) is 4.83. The van der Waals surface area contributed by atoms with Crippen LogP contribution in [0, 0.1) is 0 Å². The van der Waals surface area contributed by atoms with Crippen LogP contribution in [0.15, 0.2) is 16.9 Å². The topological polar surface area (TPSA) is 37.8 Å². The summed E-state index contributed by atoms with van der Waals surface area (Å²) >= 11 is 3.25. The lowest BCUT2D eigenvalue weighted by atomic mass is 10.5. The third kappa shape index (κ3) is 3.65. The van der Waals surface area contributed by atoms with E-state index >= 15 is 0 Å². The molecule has 1 N–H and O–H groups in total. The molecule has 1 rings (SSSR count). The van der Waals surface area contributed by atoms with Gasteiger partial charge in [-0.1, -0.05) is 0 Å². The van der Waals surface area contributed by atoms with Crippen molar-refractivity contribution in [2.75, 3.05) is 7.05 Å². The van der Waals surface area contributed by atoms with Gasteiger partial charge < -0.3 is 5.32 Å². The number of halogens is 2. The van der Waals surface area contributed by atoms with Crippen LogP contribution in [0.5, 0.6) is 0 Å². The van der Waals surface area contributed by atoms with E-state index in [0.29, 0.717) is 6.54 Å². The highest BCUT2D eigenvalue weighted by Gasteiger charge is 1.91. The molecule has 0 saturated carbocycles. The van der Waals surface area contributed by atoms with Gasteiger partial charge in [-0.3, -0.25) is 0 Å². The van der Waals surface area contributed by atoms with Crippen LogP contribution >= 0.6 is 28.3 Å². The van der Waals surface area contributed by atoms with Crippen LogP contribution in [0.25, 0.3) is 0 Å². The van der Waals surface area contributed by atoms with E-state index in [4.69, 9.17) is 0 Å². The lowest BCUT2D eigenvalue weighted by Gasteiger charge is -1.95. The molecule has 1 aromatic heterocycles. The minimum atomic E-state index is 0. The van der Waals surface area contributed by atoms with Gasteiger partial charge in [0.1, 0.15) is 5.82 Å². The van der Waals surface area contributed by atoms with E-state index in [0.717, 1.165) is 10.3 Å². The molecule has 0 aliphatic carbocycles. The Morgan fingerprint density at radius 2 is 2.00 bits per heavy atom. The average molecular weight is 239 g/mol. The van der Waals surface area contributed by atoms with Crippen LogP contribution in [0.2, 0.25) is 0 Å². The van der Waals surface area contributed by atoms with E-state index in [2.05, 4.69) is 31.2 Å². The Labute approximate surface area is 80.2 Å². The lowest BCUT2D eigenvalue weighted by Crippen LogP contribution is -2.08.